The Labute approximate surface area is 209 Å². The topological polar surface area (TPSA) is 61.9 Å². The van der Waals surface area contributed by atoms with Gasteiger partial charge in [0, 0.05) is 49.9 Å². The number of halogens is 1. The highest BCUT2D eigenvalue weighted by atomic mass is 127. The van der Waals surface area contributed by atoms with Crippen molar-refractivity contribution in [1.29, 1.82) is 0 Å². The van der Waals surface area contributed by atoms with Crippen molar-refractivity contribution in [2.75, 3.05) is 39.4 Å². The number of hydrogen-bond acceptors (Lipinski definition) is 3. The second-order valence-corrected chi connectivity index (χ2v) is 8.71. The molecule has 0 amide bonds. The van der Waals surface area contributed by atoms with Crippen molar-refractivity contribution >= 4 is 40.8 Å². The summed E-state index contributed by atoms with van der Waals surface area (Å²) in [5.41, 5.74) is 2.60. The van der Waals surface area contributed by atoms with Gasteiger partial charge in [-0.2, -0.15) is 0 Å². The summed E-state index contributed by atoms with van der Waals surface area (Å²) in [4.78, 5) is 10.7. The summed E-state index contributed by atoms with van der Waals surface area (Å²) in [6.07, 6.45) is 10.6. The Kier molecular flexibility index (Phi) is 10.6. The van der Waals surface area contributed by atoms with Gasteiger partial charge >= 0.3 is 0 Å². The number of aliphatic imine (C=N–C) groups is 1. The average Bonchev–Trinajstić information content (AvgIpc) is 3.24. The first-order chi connectivity index (χ1) is 15.3. The minimum Gasteiger partial charge on any atom is -0.376 e. The van der Waals surface area contributed by atoms with Crippen LogP contribution in [-0.4, -0.2) is 67.4 Å². The van der Waals surface area contributed by atoms with E-state index in [9.17, 15) is 0 Å². The van der Waals surface area contributed by atoms with E-state index < -0.39 is 0 Å². The van der Waals surface area contributed by atoms with Gasteiger partial charge in [-0.05, 0) is 63.5 Å². The SMILES string of the molecule is CCNC(=NCCCc1c[nH]c2ccccc12)N1CCC(OCC2CCCCO2)CC1.I. The summed E-state index contributed by atoms with van der Waals surface area (Å²) < 4.78 is 12.0. The van der Waals surface area contributed by atoms with E-state index in [4.69, 9.17) is 14.5 Å². The van der Waals surface area contributed by atoms with Crippen molar-refractivity contribution in [3.63, 3.8) is 0 Å². The minimum atomic E-state index is 0. The number of guanidine groups is 1. The molecule has 1 unspecified atom stereocenters. The predicted octanol–water partition coefficient (Wildman–Crippen LogP) is 4.73. The molecule has 1 aromatic carbocycles. The number of aromatic amines is 1. The number of H-pyrrole nitrogens is 1. The fourth-order valence-electron chi connectivity index (χ4n) is 4.64. The lowest BCUT2D eigenvalue weighted by atomic mass is 10.1. The third kappa shape index (κ3) is 7.09. The molecule has 178 valence electrons. The molecule has 3 heterocycles. The fourth-order valence-corrected chi connectivity index (χ4v) is 4.64. The molecule has 2 aliphatic rings. The molecule has 0 spiro atoms. The lowest BCUT2D eigenvalue weighted by Crippen LogP contribution is -2.47. The smallest absolute Gasteiger partial charge is 0.193 e. The van der Waals surface area contributed by atoms with E-state index in [1.54, 1.807) is 0 Å². The maximum atomic E-state index is 6.17. The van der Waals surface area contributed by atoms with Crippen molar-refractivity contribution in [2.45, 2.75) is 64.1 Å². The van der Waals surface area contributed by atoms with Crippen molar-refractivity contribution in [3.8, 4) is 0 Å². The number of likely N-dealkylation sites (tertiary alicyclic amines) is 1. The van der Waals surface area contributed by atoms with Crippen molar-refractivity contribution < 1.29 is 9.47 Å². The largest absolute Gasteiger partial charge is 0.376 e. The molecule has 2 saturated heterocycles. The second-order valence-electron chi connectivity index (χ2n) is 8.71. The minimum absolute atomic E-state index is 0. The number of piperidine rings is 1. The number of benzene rings is 1. The molecule has 0 radical (unpaired) electrons. The molecule has 6 nitrogen and oxygen atoms in total. The summed E-state index contributed by atoms with van der Waals surface area (Å²) in [6, 6.07) is 8.51. The molecule has 1 aromatic heterocycles. The van der Waals surface area contributed by atoms with Crippen LogP contribution in [0.1, 0.15) is 51.0 Å². The van der Waals surface area contributed by atoms with Gasteiger partial charge in [-0.25, -0.2) is 0 Å². The van der Waals surface area contributed by atoms with Gasteiger partial charge in [0.15, 0.2) is 5.96 Å². The molecule has 2 aliphatic heterocycles. The van der Waals surface area contributed by atoms with Crippen LogP contribution >= 0.6 is 24.0 Å². The number of rotatable bonds is 8. The lowest BCUT2D eigenvalue weighted by molar-refractivity contribution is -0.0721. The first-order valence-corrected chi connectivity index (χ1v) is 12.1. The molecule has 0 bridgehead atoms. The zero-order chi connectivity index (χ0) is 21.3. The molecule has 32 heavy (non-hydrogen) atoms. The third-order valence-corrected chi connectivity index (χ3v) is 6.41. The normalized spacial score (nSPS) is 20.3. The highest BCUT2D eigenvalue weighted by Gasteiger charge is 2.23. The Hall–Kier alpha value is -1.32. The zero-order valence-corrected chi connectivity index (χ0v) is 21.7. The first kappa shape index (κ1) is 25.3. The van der Waals surface area contributed by atoms with Gasteiger partial charge < -0.3 is 24.7 Å². The van der Waals surface area contributed by atoms with E-state index >= 15 is 0 Å². The summed E-state index contributed by atoms with van der Waals surface area (Å²) >= 11 is 0. The fraction of sp³-hybridized carbons (Fsp3) is 0.640. The van der Waals surface area contributed by atoms with Gasteiger partial charge in [-0.1, -0.05) is 18.2 Å². The van der Waals surface area contributed by atoms with Crippen molar-refractivity contribution in [1.82, 2.24) is 15.2 Å². The van der Waals surface area contributed by atoms with E-state index in [0.29, 0.717) is 12.2 Å². The Morgan fingerprint density at radius 3 is 2.84 bits per heavy atom. The molecule has 2 aromatic rings. The van der Waals surface area contributed by atoms with Crippen LogP contribution in [0.2, 0.25) is 0 Å². The van der Waals surface area contributed by atoms with E-state index in [2.05, 4.69) is 52.6 Å². The first-order valence-electron chi connectivity index (χ1n) is 12.1. The van der Waals surface area contributed by atoms with Gasteiger partial charge in [-0.15, -0.1) is 24.0 Å². The highest BCUT2D eigenvalue weighted by molar-refractivity contribution is 14.0. The second kappa shape index (κ2) is 13.4. The van der Waals surface area contributed by atoms with Crippen LogP contribution in [0.15, 0.2) is 35.5 Å². The summed E-state index contributed by atoms with van der Waals surface area (Å²) in [5, 5.41) is 4.82. The van der Waals surface area contributed by atoms with Crippen LogP contribution < -0.4 is 5.32 Å². The Morgan fingerprint density at radius 2 is 2.06 bits per heavy atom. The van der Waals surface area contributed by atoms with Crippen LogP contribution in [-0.2, 0) is 15.9 Å². The Bertz CT molecular complexity index is 826. The molecular formula is C25H39IN4O2. The van der Waals surface area contributed by atoms with Gasteiger partial charge in [-0.3, -0.25) is 4.99 Å². The number of ether oxygens (including phenoxy) is 2. The predicted molar refractivity (Wildman–Crippen MR) is 142 cm³/mol. The Balaban J connectivity index is 0.00000289. The number of hydrogen-bond donors (Lipinski definition) is 2. The van der Waals surface area contributed by atoms with E-state index in [-0.39, 0.29) is 24.0 Å². The molecule has 2 fully saturated rings. The van der Waals surface area contributed by atoms with Gasteiger partial charge in [0.1, 0.15) is 0 Å². The van der Waals surface area contributed by atoms with Gasteiger partial charge in [0.05, 0.1) is 18.8 Å². The van der Waals surface area contributed by atoms with Crippen LogP contribution in [0.5, 0.6) is 0 Å². The van der Waals surface area contributed by atoms with E-state index in [0.717, 1.165) is 77.5 Å². The molecule has 0 saturated carbocycles. The number of aromatic nitrogens is 1. The molecule has 0 aliphatic carbocycles. The highest BCUT2D eigenvalue weighted by Crippen LogP contribution is 2.20. The number of para-hydroxylation sites is 1. The lowest BCUT2D eigenvalue weighted by Gasteiger charge is -2.35. The molecule has 4 rings (SSSR count). The van der Waals surface area contributed by atoms with Gasteiger partial charge in [0.25, 0.3) is 0 Å². The number of nitrogens with one attached hydrogen (secondary N) is 2. The number of nitrogens with zero attached hydrogens (tertiary/aromatic N) is 2. The quantitative estimate of drug-likeness (QED) is 0.214. The third-order valence-electron chi connectivity index (χ3n) is 6.41. The molecule has 7 heteroatoms. The number of aryl methyl sites for hydroxylation is 1. The van der Waals surface area contributed by atoms with Crippen molar-refractivity contribution in [3.05, 3.63) is 36.0 Å². The van der Waals surface area contributed by atoms with Gasteiger partial charge in [0.2, 0.25) is 0 Å². The summed E-state index contributed by atoms with van der Waals surface area (Å²) in [7, 11) is 0. The zero-order valence-electron chi connectivity index (χ0n) is 19.4. The molecular weight excluding hydrogens is 515 g/mol. The summed E-state index contributed by atoms with van der Waals surface area (Å²) in [6.45, 7) is 7.55. The van der Waals surface area contributed by atoms with Crippen LogP contribution in [0, 0.1) is 0 Å². The monoisotopic (exact) mass is 554 g/mol. The molecule has 2 N–H and O–H groups in total. The standard InChI is InChI=1S/C25H38N4O2.HI/c1-2-26-25(27-14-7-8-20-18-28-24-11-4-3-10-23(20)24)29-15-12-21(13-16-29)31-19-22-9-5-6-17-30-22;/h3-4,10-11,18,21-22,28H,2,5-9,12-17,19H2,1H3,(H,26,27);1H. The van der Waals surface area contributed by atoms with Crippen LogP contribution in [0.4, 0.5) is 0 Å². The maximum absolute atomic E-state index is 6.17. The molecule has 1 atom stereocenters. The van der Waals surface area contributed by atoms with Crippen LogP contribution in [0.3, 0.4) is 0 Å². The number of fused-ring (bicyclic) bond motifs is 1. The maximum Gasteiger partial charge on any atom is 0.193 e. The average molecular weight is 555 g/mol. The van der Waals surface area contributed by atoms with E-state index in [1.807, 2.05) is 0 Å². The van der Waals surface area contributed by atoms with E-state index in [1.165, 1.54) is 29.3 Å². The van der Waals surface area contributed by atoms with Crippen molar-refractivity contribution in [2.24, 2.45) is 4.99 Å². The van der Waals surface area contributed by atoms with Crippen LogP contribution in [0.25, 0.3) is 10.9 Å². The Morgan fingerprint density at radius 1 is 1.22 bits per heavy atom. The summed E-state index contributed by atoms with van der Waals surface area (Å²) in [5.74, 6) is 1.05.